The third kappa shape index (κ3) is 3.48. The van der Waals surface area contributed by atoms with Crippen molar-refractivity contribution in [3.8, 4) is 0 Å². The number of hydrogen-bond acceptors (Lipinski definition) is 3. The molecule has 0 N–H and O–H groups in total. The van der Waals surface area contributed by atoms with Gasteiger partial charge in [0.05, 0.1) is 9.92 Å². The first-order valence-electron chi connectivity index (χ1n) is 5.66. The molecular formula is C14H10BrClO3S. The first-order chi connectivity index (χ1) is 9.40. The first-order valence-corrected chi connectivity index (χ1v) is 8.48. The van der Waals surface area contributed by atoms with Crippen LogP contribution in [-0.2, 0) is 9.84 Å². The monoisotopic (exact) mass is 372 g/mol. The van der Waals surface area contributed by atoms with Gasteiger partial charge in [0.25, 0.3) is 0 Å². The second-order valence-electron chi connectivity index (χ2n) is 4.12. The molecule has 0 fully saturated rings. The molecule has 0 amide bonds. The van der Waals surface area contributed by atoms with Crippen molar-refractivity contribution < 1.29 is 13.2 Å². The summed E-state index contributed by atoms with van der Waals surface area (Å²) in [4.78, 5) is 12.0. The lowest BCUT2D eigenvalue weighted by Gasteiger charge is -2.06. The van der Waals surface area contributed by atoms with Crippen LogP contribution in [0.2, 0.25) is 5.02 Å². The maximum Gasteiger partial charge on any atom is 0.187 e. The average molecular weight is 374 g/mol. The molecular weight excluding hydrogens is 364 g/mol. The van der Waals surface area contributed by atoms with E-state index in [9.17, 15) is 13.2 Å². The maximum atomic E-state index is 12.2. The SMILES string of the molecule is O=C(CS(=O)(=O)c1ccccc1Cl)c1cccc(Br)c1. The molecule has 0 aliphatic rings. The first kappa shape index (κ1) is 15.2. The van der Waals surface area contributed by atoms with Crippen molar-refractivity contribution in [2.45, 2.75) is 4.90 Å². The molecule has 2 rings (SSSR count). The van der Waals surface area contributed by atoms with E-state index in [4.69, 9.17) is 11.6 Å². The van der Waals surface area contributed by atoms with E-state index in [1.54, 1.807) is 36.4 Å². The van der Waals surface area contributed by atoms with Gasteiger partial charge in [0, 0.05) is 10.0 Å². The highest BCUT2D eigenvalue weighted by molar-refractivity contribution is 9.10. The zero-order valence-electron chi connectivity index (χ0n) is 10.2. The molecule has 0 atom stereocenters. The Labute approximate surface area is 130 Å². The quantitative estimate of drug-likeness (QED) is 0.767. The zero-order valence-corrected chi connectivity index (χ0v) is 13.4. The van der Waals surface area contributed by atoms with Crippen LogP contribution < -0.4 is 0 Å². The summed E-state index contributed by atoms with van der Waals surface area (Å²) in [5.74, 6) is -1.07. The number of hydrogen-bond donors (Lipinski definition) is 0. The fraction of sp³-hybridized carbons (Fsp3) is 0.0714. The molecule has 0 saturated carbocycles. The van der Waals surface area contributed by atoms with E-state index in [1.165, 1.54) is 12.1 Å². The van der Waals surface area contributed by atoms with Crippen molar-refractivity contribution in [1.82, 2.24) is 0 Å². The molecule has 0 bridgehead atoms. The molecule has 0 radical (unpaired) electrons. The third-order valence-electron chi connectivity index (χ3n) is 2.64. The summed E-state index contributed by atoms with van der Waals surface area (Å²) < 4.78 is 25.1. The molecule has 0 saturated heterocycles. The number of ketones is 1. The Hall–Kier alpha value is -1.17. The molecule has 0 aromatic heterocycles. The fourth-order valence-electron chi connectivity index (χ4n) is 1.69. The van der Waals surface area contributed by atoms with Gasteiger partial charge in [-0.25, -0.2) is 8.42 Å². The number of benzene rings is 2. The van der Waals surface area contributed by atoms with E-state index in [-0.39, 0.29) is 9.92 Å². The lowest BCUT2D eigenvalue weighted by molar-refractivity contribution is 0.102. The number of rotatable bonds is 4. The van der Waals surface area contributed by atoms with Crippen molar-refractivity contribution >= 4 is 43.2 Å². The smallest absolute Gasteiger partial charge is 0.187 e. The van der Waals surface area contributed by atoms with Crippen LogP contribution in [0, 0.1) is 0 Å². The van der Waals surface area contributed by atoms with Crippen molar-refractivity contribution in [1.29, 1.82) is 0 Å². The summed E-state index contributed by atoms with van der Waals surface area (Å²) in [7, 11) is -3.75. The number of halogens is 2. The predicted octanol–water partition coefficient (Wildman–Crippen LogP) is 3.76. The molecule has 104 valence electrons. The highest BCUT2D eigenvalue weighted by Crippen LogP contribution is 2.22. The summed E-state index contributed by atoms with van der Waals surface area (Å²) in [6, 6.07) is 12.7. The van der Waals surface area contributed by atoms with Gasteiger partial charge in [-0.3, -0.25) is 4.79 Å². The van der Waals surface area contributed by atoms with Gasteiger partial charge < -0.3 is 0 Å². The Morgan fingerprint density at radius 3 is 2.45 bits per heavy atom. The van der Waals surface area contributed by atoms with Crippen LogP contribution in [0.5, 0.6) is 0 Å². The van der Waals surface area contributed by atoms with Crippen molar-refractivity contribution in [3.63, 3.8) is 0 Å². The predicted molar refractivity (Wildman–Crippen MR) is 82.0 cm³/mol. The fourth-order valence-corrected chi connectivity index (χ4v) is 3.90. The minimum absolute atomic E-state index is 0.0231. The Morgan fingerprint density at radius 2 is 1.80 bits per heavy atom. The van der Waals surface area contributed by atoms with E-state index in [0.717, 1.165) is 4.47 Å². The molecule has 0 aliphatic carbocycles. The van der Waals surface area contributed by atoms with Gasteiger partial charge in [-0.05, 0) is 24.3 Å². The van der Waals surface area contributed by atoms with E-state index in [1.807, 2.05) is 0 Å². The second-order valence-corrected chi connectivity index (χ2v) is 7.40. The summed E-state index contributed by atoms with van der Waals surface area (Å²) in [5.41, 5.74) is 0.343. The molecule has 0 heterocycles. The topological polar surface area (TPSA) is 51.2 Å². The Kier molecular flexibility index (Phi) is 4.62. The van der Waals surface area contributed by atoms with Crippen LogP contribution in [0.3, 0.4) is 0 Å². The second kappa shape index (κ2) is 6.08. The van der Waals surface area contributed by atoms with Crippen molar-refractivity contribution in [3.05, 3.63) is 63.6 Å². The lowest BCUT2D eigenvalue weighted by Crippen LogP contribution is -2.16. The van der Waals surface area contributed by atoms with Crippen LogP contribution in [0.25, 0.3) is 0 Å². The van der Waals surface area contributed by atoms with Gasteiger partial charge in [0.1, 0.15) is 5.75 Å². The molecule has 0 spiro atoms. The third-order valence-corrected chi connectivity index (χ3v) is 5.24. The van der Waals surface area contributed by atoms with Gasteiger partial charge >= 0.3 is 0 Å². The van der Waals surface area contributed by atoms with Crippen LogP contribution in [0.1, 0.15) is 10.4 Å². The lowest BCUT2D eigenvalue weighted by atomic mass is 10.2. The molecule has 0 aliphatic heterocycles. The largest absolute Gasteiger partial charge is 0.293 e. The van der Waals surface area contributed by atoms with Crippen LogP contribution in [0.4, 0.5) is 0 Å². The Morgan fingerprint density at radius 1 is 1.10 bits per heavy atom. The molecule has 6 heteroatoms. The molecule has 2 aromatic rings. The standard InChI is InChI=1S/C14H10BrClO3S/c15-11-5-3-4-10(8-11)13(17)9-20(18,19)14-7-2-1-6-12(14)16/h1-8H,9H2. The summed E-state index contributed by atoms with van der Waals surface area (Å²) in [6.07, 6.45) is 0. The highest BCUT2D eigenvalue weighted by atomic mass is 79.9. The average Bonchev–Trinajstić information content (AvgIpc) is 2.38. The van der Waals surface area contributed by atoms with E-state index >= 15 is 0 Å². The maximum absolute atomic E-state index is 12.2. The van der Waals surface area contributed by atoms with E-state index in [0.29, 0.717) is 5.56 Å². The highest BCUT2D eigenvalue weighted by Gasteiger charge is 2.22. The normalized spacial score (nSPS) is 11.3. The van der Waals surface area contributed by atoms with Gasteiger partial charge in [-0.1, -0.05) is 51.8 Å². The molecule has 2 aromatic carbocycles. The van der Waals surface area contributed by atoms with Gasteiger partial charge in [0.2, 0.25) is 0 Å². The van der Waals surface area contributed by atoms with Gasteiger partial charge in [0.15, 0.2) is 15.6 Å². The van der Waals surface area contributed by atoms with Crippen molar-refractivity contribution in [2.24, 2.45) is 0 Å². The van der Waals surface area contributed by atoms with Crippen molar-refractivity contribution in [2.75, 3.05) is 5.75 Å². The van der Waals surface area contributed by atoms with Gasteiger partial charge in [-0.15, -0.1) is 0 Å². The number of carbonyl (C=O) groups excluding carboxylic acids is 1. The molecule has 0 unspecified atom stereocenters. The summed E-state index contributed by atoms with van der Waals surface area (Å²) >= 11 is 9.11. The molecule has 3 nitrogen and oxygen atoms in total. The summed E-state index contributed by atoms with van der Waals surface area (Å²) in [5, 5.41) is 0.120. The Bertz CT molecular complexity index is 757. The number of carbonyl (C=O) groups is 1. The number of sulfone groups is 1. The van der Waals surface area contributed by atoms with Crippen LogP contribution in [0.15, 0.2) is 57.9 Å². The Balaban J connectivity index is 2.30. The van der Waals surface area contributed by atoms with E-state index in [2.05, 4.69) is 15.9 Å². The van der Waals surface area contributed by atoms with Crippen LogP contribution in [-0.4, -0.2) is 20.0 Å². The molecule has 20 heavy (non-hydrogen) atoms. The zero-order chi connectivity index (χ0) is 14.8. The minimum atomic E-state index is -3.75. The van der Waals surface area contributed by atoms with Gasteiger partial charge in [-0.2, -0.15) is 0 Å². The number of Topliss-reactive ketones (excluding diaryl/α,β-unsaturated/α-hetero) is 1. The minimum Gasteiger partial charge on any atom is -0.293 e. The van der Waals surface area contributed by atoms with E-state index < -0.39 is 21.4 Å². The summed E-state index contributed by atoms with van der Waals surface area (Å²) in [6.45, 7) is 0. The van der Waals surface area contributed by atoms with Crippen LogP contribution >= 0.6 is 27.5 Å².